The zero-order valence-corrected chi connectivity index (χ0v) is 10.3. The van der Waals surface area contributed by atoms with Crippen LogP contribution in [0.15, 0.2) is 54.6 Å². The van der Waals surface area contributed by atoms with Crippen molar-refractivity contribution in [3.63, 3.8) is 0 Å². The van der Waals surface area contributed by atoms with Crippen molar-refractivity contribution in [2.24, 2.45) is 0 Å². The van der Waals surface area contributed by atoms with Crippen LogP contribution in [0.5, 0.6) is 0 Å². The molecule has 0 bridgehead atoms. The summed E-state index contributed by atoms with van der Waals surface area (Å²) in [4.78, 5) is 0. The molecule has 0 atom stereocenters. The maximum Gasteiger partial charge on any atom is 0.0158 e. The molecule has 0 radical (unpaired) electrons. The maximum absolute atomic E-state index is 4.22. The molecule has 0 heteroatoms. The van der Waals surface area contributed by atoms with Gasteiger partial charge in [0.25, 0.3) is 0 Å². The molecule has 0 N–H and O–H groups in total. The fourth-order valence-corrected chi connectivity index (χ4v) is 2.47. The third-order valence-electron chi connectivity index (χ3n) is 3.31. The van der Waals surface area contributed by atoms with Gasteiger partial charge in [0.05, 0.1) is 0 Å². The van der Waals surface area contributed by atoms with Crippen LogP contribution in [0.1, 0.15) is 46.8 Å². The molecule has 0 heterocycles. The Morgan fingerprint density at radius 3 is 2.22 bits per heavy atom. The van der Waals surface area contributed by atoms with Crippen molar-refractivity contribution in [2.75, 3.05) is 0 Å². The van der Waals surface area contributed by atoms with Crippen molar-refractivity contribution in [1.82, 2.24) is 0 Å². The molecule has 1 aromatic rings. The standard InChI is InChI=1S/C16H18.2CH4/c1-11(2)10-15-12(3)13-8-6-7-9-14(13)16(15,4)5;;/h6-10H,1,3H2,2,4-5H3;2*1H4/b15-10+;;. The van der Waals surface area contributed by atoms with Crippen molar-refractivity contribution in [1.29, 1.82) is 0 Å². The summed E-state index contributed by atoms with van der Waals surface area (Å²) in [5.74, 6) is 0. The molecule has 0 unspecified atom stereocenters. The summed E-state index contributed by atoms with van der Waals surface area (Å²) >= 11 is 0. The third-order valence-corrected chi connectivity index (χ3v) is 3.31. The van der Waals surface area contributed by atoms with E-state index in [4.69, 9.17) is 0 Å². The second-order valence-corrected chi connectivity index (χ2v) is 5.05. The van der Waals surface area contributed by atoms with Gasteiger partial charge in [-0.2, -0.15) is 0 Å². The van der Waals surface area contributed by atoms with Crippen LogP contribution >= 0.6 is 0 Å². The molecule has 18 heavy (non-hydrogen) atoms. The smallest absolute Gasteiger partial charge is 0.0158 e. The molecule has 0 nitrogen and oxygen atoms in total. The fourth-order valence-electron chi connectivity index (χ4n) is 2.47. The SMILES string of the molecule is C.C.C=C(C)/C=C1\C(=C)c2ccccc2C1(C)C. The lowest BCUT2D eigenvalue weighted by atomic mass is 9.81. The molecule has 1 aromatic carbocycles. The number of rotatable bonds is 1. The maximum atomic E-state index is 4.22. The van der Waals surface area contributed by atoms with Crippen molar-refractivity contribution < 1.29 is 0 Å². The van der Waals surface area contributed by atoms with Gasteiger partial charge in [0, 0.05) is 5.41 Å². The monoisotopic (exact) mass is 242 g/mol. The van der Waals surface area contributed by atoms with Crippen LogP contribution in [0.2, 0.25) is 0 Å². The summed E-state index contributed by atoms with van der Waals surface area (Å²) in [6, 6.07) is 8.51. The van der Waals surface area contributed by atoms with Gasteiger partial charge in [-0.15, -0.1) is 0 Å². The Labute approximate surface area is 113 Å². The van der Waals surface area contributed by atoms with E-state index in [0.29, 0.717) is 0 Å². The number of allylic oxidation sites excluding steroid dienone is 4. The summed E-state index contributed by atoms with van der Waals surface area (Å²) in [5, 5.41) is 0. The van der Waals surface area contributed by atoms with E-state index in [1.165, 1.54) is 16.7 Å². The molecule has 1 aliphatic carbocycles. The number of hydrogen-bond donors (Lipinski definition) is 0. The normalized spacial score (nSPS) is 17.7. The van der Waals surface area contributed by atoms with Crippen LogP contribution in [-0.4, -0.2) is 0 Å². The highest BCUT2D eigenvalue weighted by Gasteiger charge is 2.36. The Balaban J connectivity index is 0.00000144. The lowest BCUT2D eigenvalue weighted by molar-refractivity contribution is 0.660. The summed E-state index contributed by atoms with van der Waals surface area (Å²) < 4.78 is 0. The van der Waals surface area contributed by atoms with Crippen molar-refractivity contribution in [3.05, 3.63) is 65.8 Å². The predicted octanol–water partition coefficient (Wildman–Crippen LogP) is 5.77. The van der Waals surface area contributed by atoms with Crippen LogP contribution in [0, 0.1) is 0 Å². The molecular weight excluding hydrogens is 216 g/mol. The molecule has 0 aromatic heterocycles. The van der Waals surface area contributed by atoms with E-state index in [1.807, 2.05) is 6.92 Å². The van der Waals surface area contributed by atoms with E-state index < -0.39 is 0 Å². The quantitative estimate of drug-likeness (QED) is 0.587. The molecule has 0 aliphatic heterocycles. The average Bonchev–Trinajstić information content (AvgIpc) is 2.41. The van der Waals surface area contributed by atoms with E-state index >= 15 is 0 Å². The Hall–Kier alpha value is -1.56. The molecule has 0 amide bonds. The third kappa shape index (κ3) is 2.33. The van der Waals surface area contributed by atoms with E-state index in [-0.39, 0.29) is 20.3 Å². The first-order valence-electron chi connectivity index (χ1n) is 5.61. The number of benzene rings is 1. The molecule has 98 valence electrons. The van der Waals surface area contributed by atoms with Gasteiger partial charge < -0.3 is 0 Å². The van der Waals surface area contributed by atoms with Crippen LogP contribution in [0.4, 0.5) is 0 Å². The first-order valence-corrected chi connectivity index (χ1v) is 5.61. The van der Waals surface area contributed by atoms with Crippen molar-refractivity contribution in [3.8, 4) is 0 Å². The molecule has 0 saturated heterocycles. The molecule has 0 fully saturated rings. The van der Waals surface area contributed by atoms with Gasteiger partial charge >= 0.3 is 0 Å². The molecule has 1 aliphatic rings. The van der Waals surface area contributed by atoms with Gasteiger partial charge in [-0.3, -0.25) is 0 Å². The lowest BCUT2D eigenvalue weighted by Gasteiger charge is -2.22. The van der Waals surface area contributed by atoms with Crippen LogP contribution < -0.4 is 0 Å². The number of hydrogen-bond acceptors (Lipinski definition) is 0. The van der Waals surface area contributed by atoms with E-state index in [9.17, 15) is 0 Å². The summed E-state index contributed by atoms with van der Waals surface area (Å²) in [7, 11) is 0. The minimum atomic E-state index is 0. The molecule has 0 saturated carbocycles. The number of fused-ring (bicyclic) bond motifs is 1. The minimum Gasteiger partial charge on any atom is -0.0961 e. The van der Waals surface area contributed by atoms with Crippen molar-refractivity contribution >= 4 is 5.57 Å². The zero-order valence-electron chi connectivity index (χ0n) is 10.3. The molecular formula is C18H26. The Bertz CT molecular complexity index is 499. The summed E-state index contributed by atoms with van der Waals surface area (Å²) in [6.45, 7) is 14.7. The summed E-state index contributed by atoms with van der Waals surface area (Å²) in [5.41, 5.74) is 6.21. The van der Waals surface area contributed by atoms with Gasteiger partial charge in [-0.25, -0.2) is 0 Å². The highest BCUT2D eigenvalue weighted by Crippen LogP contribution is 2.48. The van der Waals surface area contributed by atoms with E-state index in [0.717, 1.165) is 11.1 Å². The van der Waals surface area contributed by atoms with E-state index in [1.54, 1.807) is 0 Å². The highest BCUT2D eigenvalue weighted by molar-refractivity contribution is 5.88. The Morgan fingerprint density at radius 1 is 1.17 bits per heavy atom. The van der Waals surface area contributed by atoms with Gasteiger partial charge in [-0.1, -0.05) is 77.8 Å². The van der Waals surface area contributed by atoms with E-state index in [2.05, 4.69) is 57.3 Å². The van der Waals surface area contributed by atoms with Crippen LogP contribution in [-0.2, 0) is 5.41 Å². The van der Waals surface area contributed by atoms with Gasteiger partial charge in [0.2, 0.25) is 0 Å². The molecule has 0 spiro atoms. The zero-order chi connectivity index (χ0) is 11.9. The Morgan fingerprint density at radius 2 is 1.72 bits per heavy atom. The second kappa shape index (κ2) is 5.39. The van der Waals surface area contributed by atoms with Crippen molar-refractivity contribution in [2.45, 2.75) is 41.0 Å². The second-order valence-electron chi connectivity index (χ2n) is 5.05. The Kier molecular flexibility index (Phi) is 4.92. The van der Waals surface area contributed by atoms with Crippen LogP contribution in [0.25, 0.3) is 5.57 Å². The van der Waals surface area contributed by atoms with Gasteiger partial charge in [0.1, 0.15) is 0 Å². The topological polar surface area (TPSA) is 0 Å². The average molecular weight is 242 g/mol. The summed E-state index contributed by atoms with van der Waals surface area (Å²) in [6.07, 6.45) is 2.16. The first kappa shape index (κ1) is 16.4. The van der Waals surface area contributed by atoms with Gasteiger partial charge in [0.15, 0.2) is 0 Å². The highest BCUT2D eigenvalue weighted by atomic mass is 14.4. The van der Waals surface area contributed by atoms with Crippen LogP contribution in [0.3, 0.4) is 0 Å². The molecule has 2 rings (SSSR count). The lowest BCUT2D eigenvalue weighted by Crippen LogP contribution is -2.15. The first-order chi connectivity index (χ1) is 7.44. The van der Waals surface area contributed by atoms with Gasteiger partial charge in [-0.05, 0) is 29.2 Å². The largest absolute Gasteiger partial charge is 0.0961 e. The fraction of sp³-hybridized carbons (Fsp3) is 0.333. The predicted molar refractivity (Wildman–Crippen MR) is 84.9 cm³/mol. The minimum absolute atomic E-state index is 0.